The third-order valence-corrected chi connectivity index (χ3v) is 2.59. The maximum absolute atomic E-state index is 5.78. The van der Waals surface area contributed by atoms with Crippen LogP contribution in [0.4, 0.5) is 0 Å². The van der Waals surface area contributed by atoms with E-state index in [0.717, 1.165) is 18.8 Å². The van der Waals surface area contributed by atoms with Crippen LogP contribution in [-0.4, -0.2) is 29.5 Å². The molecule has 1 rings (SSSR count). The van der Waals surface area contributed by atoms with Crippen LogP contribution in [0.2, 0.25) is 0 Å². The minimum absolute atomic E-state index is 0.135. The summed E-state index contributed by atoms with van der Waals surface area (Å²) >= 11 is 0. The van der Waals surface area contributed by atoms with Crippen molar-refractivity contribution in [2.75, 3.05) is 19.7 Å². The standard InChI is InChI=1S/C13H25N3O/c1-6-14-9-13(4,5)10-17-12-7-15-16(8-12)11(2)3/h7-8,11,14H,6,9-10H2,1-5H3. The highest BCUT2D eigenvalue weighted by Crippen LogP contribution is 2.18. The van der Waals surface area contributed by atoms with Gasteiger partial charge in [0.05, 0.1) is 19.0 Å². The van der Waals surface area contributed by atoms with Gasteiger partial charge in [0.15, 0.2) is 5.75 Å². The Bertz CT molecular complexity index is 331. The Kier molecular flexibility index (Phi) is 5.00. The molecule has 0 radical (unpaired) electrons. The molecule has 98 valence electrons. The Morgan fingerprint density at radius 2 is 2.18 bits per heavy atom. The van der Waals surface area contributed by atoms with Gasteiger partial charge in [-0.25, -0.2) is 0 Å². The van der Waals surface area contributed by atoms with Gasteiger partial charge in [-0.15, -0.1) is 0 Å². The van der Waals surface area contributed by atoms with Crippen LogP contribution in [0.5, 0.6) is 5.75 Å². The van der Waals surface area contributed by atoms with Crippen LogP contribution < -0.4 is 10.1 Å². The van der Waals surface area contributed by atoms with E-state index >= 15 is 0 Å². The highest BCUT2D eigenvalue weighted by molar-refractivity contribution is 5.12. The monoisotopic (exact) mass is 239 g/mol. The lowest BCUT2D eigenvalue weighted by Gasteiger charge is -2.24. The van der Waals surface area contributed by atoms with Crippen molar-refractivity contribution in [2.24, 2.45) is 5.41 Å². The van der Waals surface area contributed by atoms with Crippen molar-refractivity contribution < 1.29 is 4.74 Å². The molecule has 0 saturated heterocycles. The van der Waals surface area contributed by atoms with Crippen molar-refractivity contribution in [2.45, 2.75) is 40.7 Å². The van der Waals surface area contributed by atoms with Gasteiger partial charge in [-0.3, -0.25) is 4.68 Å². The van der Waals surface area contributed by atoms with Gasteiger partial charge in [0.2, 0.25) is 0 Å². The summed E-state index contributed by atoms with van der Waals surface area (Å²) < 4.78 is 7.68. The van der Waals surface area contributed by atoms with Crippen molar-refractivity contribution in [3.63, 3.8) is 0 Å². The zero-order valence-electron chi connectivity index (χ0n) is 11.7. The number of nitrogens with zero attached hydrogens (tertiary/aromatic N) is 2. The first-order chi connectivity index (χ1) is 7.94. The molecular weight excluding hydrogens is 214 g/mol. The van der Waals surface area contributed by atoms with Crippen LogP contribution >= 0.6 is 0 Å². The second-order valence-corrected chi connectivity index (χ2v) is 5.48. The topological polar surface area (TPSA) is 39.1 Å². The fourth-order valence-corrected chi connectivity index (χ4v) is 1.47. The maximum atomic E-state index is 5.78. The highest BCUT2D eigenvalue weighted by atomic mass is 16.5. The second kappa shape index (κ2) is 6.05. The van der Waals surface area contributed by atoms with Gasteiger partial charge in [-0.1, -0.05) is 20.8 Å². The molecule has 0 aliphatic rings. The van der Waals surface area contributed by atoms with E-state index in [1.165, 1.54) is 0 Å². The summed E-state index contributed by atoms with van der Waals surface area (Å²) in [5, 5.41) is 7.60. The first-order valence-electron chi connectivity index (χ1n) is 6.32. The average molecular weight is 239 g/mol. The van der Waals surface area contributed by atoms with Gasteiger partial charge >= 0.3 is 0 Å². The van der Waals surface area contributed by atoms with Crippen LogP contribution in [-0.2, 0) is 0 Å². The largest absolute Gasteiger partial charge is 0.490 e. The summed E-state index contributed by atoms with van der Waals surface area (Å²) in [6.07, 6.45) is 3.73. The molecule has 17 heavy (non-hydrogen) atoms. The lowest BCUT2D eigenvalue weighted by molar-refractivity contribution is 0.177. The summed E-state index contributed by atoms with van der Waals surface area (Å²) in [6, 6.07) is 0.377. The molecule has 4 heteroatoms. The van der Waals surface area contributed by atoms with Gasteiger partial charge in [-0.05, 0) is 20.4 Å². The summed E-state index contributed by atoms with van der Waals surface area (Å²) in [5.74, 6) is 0.850. The molecule has 1 aromatic heterocycles. The lowest BCUT2D eigenvalue weighted by Crippen LogP contribution is -2.34. The first-order valence-corrected chi connectivity index (χ1v) is 6.32. The minimum atomic E-state index is 0.135. The predicted molar refractivity (Wildman–Crippen MR) is 70.4 cm³/mol. The van der Waals surface area contributed by atoms with Crippen LogP contribution in [0.1, 0.15) is 40.7 Å². The average Bonchev–Trinajstić information content (AvgIpc) is 2.73. The van der Waals surface area contributed by atoms with Gasteiger partial charge < -0.3 is 10.1 Å². The highest BCUT2D eigenvalue weighted by Gasteiger charge is 2.18. The Labute approximate surface area is 104 Å². The molecule has 0 spiro atoms. The lowest BCUT2D eigenvalue weighted by atomic mass is 9.95. The molecular formula is C13H25N3O. The van der Waals surface area contributed by atoms with E-state index in [1.54, 1.807) is 6.20 Å². The van der Waals surface area contributed by atoms with Crippen LogP contribution in [0.3, 0.4) is 0 Å². The van der Waals surface area contributed by atoms with Crippen molar-refractivity contribution >= 4 is 0 Å². The van der Waals surface area contributed by atoms with E-state index in [1.807, 2.05) is 10.9 Å². The normalized spacial score (nSPS) is 12.1. The number of ether oxygens (including phenoxy) is 1. The third-order valence-electron chi connectivity index (χ3n) is 2.59. The van der Waals surface area contributed by atoms with E-state index in [9.17, 15) is 0 Å². The molecule has 0 saturated carbocycles. The Balaban J connectivity index is 2.43. The number of nitrogens with one attached hydrogen (secondary N) is 1. The summed E-state index contributed by atoms with van der Waals surface area (Å²) in [7, 11) is 0. The van der Waals surface area contributed by atoms with E-state index in [-0.39, 0.29) is 5.41 Å². The van der Waals surface area contributed by atoms with Crippen LogP contribution in [0.15, 0.2) is 12.4 Å². The molecule has 0 bridgehead atoms. The van der Waals surface area contributed by atoms with Gasteiger partial charge in [0.1, 0.15) is 0 Å². The molecule has 0 aliphatic carbocycles. The Hall–Kier alpha value is -1.03. The molecule has 0 atom stereocenters. The number of hydrogen-bond donors (Lipinski definition) is 1. The summed E-state index contributed by atoms with van der Waals surface area (Å²) in [5.41, 5.74) is 0.135. The number of aromatic nitrogens is 2. The van der Waals surface area contributed by atoms with Gasteiger partial charge in [0.25, 0.3) is 0 Å². The fraction of sp³-hybridized carbons (Fsp3) is 0.769. The second-order valence-electron chi connectivity index (χ2n) is 5.48. The van der Waals surface area contributed by atoms with Crippen molar-refractivity contribution in [1.29, 1.82) is 0 Å². The SMILES string of the molecule is CCNCC(C)(C)COc1cnn(C(C)C)c1. The third kappa shape index (κ3) is 4.77. The van der Waals surface area contributed by atoms with E-state index in [0.29, 0.717) is 12.6 Å². The van der Waals surface area contributed by atoms with E-state index in [2.05, 4.69) is 45.0 Å². The summed E-state index contributed by atoms with van der Waals surface area (Å²) in [4.78, 5) is 0. The quantitative estimate of drug-likeness (QED) is 0.794. The molecule has 0 unspecified atom stereocenters. The number of rotatable bonds is 7. The Morgan fingerprint density at radius 1 is 1.47 bits per heavy atom. The van der Waals surface area contributed by atoms with E-state index < -0.39 is 0 Å². The zero-order valence-corrected chi connectivity index (χ0v) is 11.7. The minimum Gasteiger partial charge on any atom is -0.490 e. The van der Waals surface area contributed by atoms with Gasteiger partial charge in [0, 0.05) is 18.0 Å². The predicted octanol–water partition coefficient (Wildman–Crippen LogP) is 2.48. The van der Waals surface area contributed by atoms with Crippen molar-refractivity contribution in [1.82, 2.24) is 15.1 Å². The molecule has 4 nitrogen and oxygen atoms in total. The number of hydrogen-bond acceptors (Lipinski definition) is 3. The van der Waals surface area contributed by atoms with Crippen molar-refractivity contribution in [3.05, 3.63) is 12.4 Å². The molecule has 0 aliphatic heterocycles. The summed E-state index contributed by atoms with van der Waals surface area (Å²) in [6.45, 7) is 13.4. The smallest absolute Gasteiger partial charge is 0.157 e. The first kappa shape index (κ1) is 14.0. The fourth-order valence-electron chi connectivity index (χ4n) is 1.47. The van der Waals surface area contributed by atoms with Crippen LogP contribution in [0.25, 0.3) is 0 Å². The Morgan fingerprint density at radius 3 is 2.71 bits per heavy atom. The molecule has 1 N–H and O–H groups in total. The van der Waals surface area contributed by atoms with Crippen molar-refractivity contribution in [3.8, 4) is 5.75 Å². The molecule has 0 fully saturated rings. The molecule has 1 heterocycles. The van der Waals surface area contributed by atoms with E-state index in [4.69, 9.17) is 4.74 Å². The van der Waals surface area contributed by atoms with Crippen LogP contribution in [0, 0.1) is 5.41 Å². The molecule has 1 aromatic rings. The molecule has 0 aromatic carbocycles. The van der Waals surface area contributed by atoms with Gasteiger partial charge in [-0.2, -0.15) is 5.10 Å². The molecule has 0 amide bonds. The zero-order chi connectivity index (χ0) is 12.9. The maximum Gasteiger partial charge on any atom is 0.157 e.